The maximum Gasteiger partial charge on any atom is 0.165 e. The number of nitrogens with two attached hydrogens (primary N) is 1. The molecule has 0 saturated carbocycles. The van der Waals surface area contributed by atoms with E-state index in [0.29, 0.717) is 6.54 Å². The minimum Gasteiger partial charge on any atom is -0.493 e. The fourth-order valence-electron chi connectivity index (χ4n) is 2.96. The predicted octanol–water partition coefficient (Wildman–Crippen LogP) is 1.81. The maximum atomic E-state index is 6.07. The average molecular weight is 294 g/mol. The zero-order valence-electron chi connectivity index (χ0n) is 13.2. The molecule has 0 bridgehead atoms. The van der Waals surface area contributed by atoms with E-state index in [9.17, 15) is 0 Å². The van der Waals surface area contributed by atoms with E-state index >= 15 is 0 Å². The highest BCUT2D eigenvalue weighted by atomic mass is 16.5. The number of ether oxygens (including phenoxy) is 3. The van der Waals surface area contributed by atoms with Gasteiger partial charge in [-0.25, -0.2) is 0 Å². The van der Waals surface area contributed by atoms with Crippen LogP contribution in [0, 0.1) is 0 Å². The molecule has 0 aromatic heterocycles. The van der Waals surface area contributed by atoms with Gasteiger partial charge in [0.25, 0.3) is 0 Å². The van der Waals surface area contributed by atoms with Crippen LogP contribution in [0.3, 0.4) is 0 Å². The Morgan fingerprint density at radius 2 is 2.19 bits per heavy atom. The lowest BCUT2D eigenvalue weighted by Crippen LogP contribution is -2.38. The van der Waals surface area contributed by atoms with Crippen LogP contribution in [0.15, 0.2) is 18.2 Å². The van der Waals surface area contributed by atoms with Crippen LogP contribution in [0.2, 0.25) is 0 Å². The Balaban J connectivity index is 2.32. The van der Waals surface area contributed by atoms with Gasteiger partial charge in [-0.3, -0.25) is 4.90 Å². The fraction of sp³-hybridized carbons (Fsp3) is 0.625. The molecular weight excluding hydrogens is 268 g/mol. The molecule has 2 N–H and O–H groups in total. The van der Waals surface area contributed by atoms with Crippen molar-refractivity contribution in [3.05, 3.63) is 23.8 Å². The molecule has 1 heterocycles. The Kier molecular flexibility index (Phi) is 5.85. The summed E-state index contributed by atoms with van der Waals surface area (Å²) in [5.74, 6) is 1.51. The molecular formula is C16H26N2O3. The Morgan fingerprint density at radius 1 is 1.38 bits per heavy atom. The molecule has 5 heteroatoms. The zero-order chi connectivity index (χ0) is 15.2. The van der Waals surface area contributed by atoms with Crippen molar-refractivity contribution < 1.29 is 14.2 Å². The van der Waals surface area contributed by atoms with Crippen LogP contribution >= 0.6 is 0 Å². The Morgan fingerprint density at radius 3 is 2.86 bits per heavy atom. The van der Waals surface area contributed by atoms with Crippen molar-refractivity contribution in [2.24, 2.45) is 5.73 Å². The zero-order valence-corrected chi connectivity index (χ0v) is 13.2. The molecule has 2 atom stereocenters. The minimum absolute atomic E-state index is 0.110. The standard InChI is InChI=1S/C16H26N2O3/c1-12-11-18(8-5-9-21-12)14(10-17)13-6-4-7-15(19-2)16(13)20-3/h4,6-7,12,14H,5,8-11,17H2,1-3H3. The van der Waals surface area contributed by atoms with Crippen LogP contribution in [0.5, 0.6) is 11.5 Å². The van der Waals surface area contributed by atoms with Crippen molar-refractivity contribution in [3.8, 4) is 11.5 Å². The number of methoxy groups -OCH3 is 2. The molecule has 0 spiro atoms. The summed E-state index contributed by atoms with van der Waals surface area (Å²) < 4.78 is 16.7. The molecule has 1 aromatic carbocycles. The van der Waals surface area contributed by atoms with Gasteiger partial charge in [0, 0.05) is 31.8 Å². The number of nitrogens with zero attached hydrogens (tertiary/aromatic N) is 1. The lowest BCUT2D eigenvalue weighted by molar-refractivity contribution is 0.0609. The quantitative estimate of drug-likeness (QED) is 0.897. The second-order valence-electron chi connectivity index (χ2n) is 5.36. The van der Waals surface area contributed by atoms with Crippen molar-refractivity contribution in [1.29, 1.82) is 0 Å². The SMILES string of the molecule is COc1cccc(C(CN)N2CCCOC(C)C2)c1OC. The molecule has 0 radical (unpaired) electrons. The van der Waals surface area contributed by atoms with Gasteiger partial charge in [0.05, 0.1) is 26.4 Å². The first-order valence-electron chi connectivity index (χ1n) is 7.47. The van der Waals surface area contributed by atoms with E-state index in [2.05, 4.69) is 17.9 Å². The summed E-state index contributed by atoms with van der Waals surface area (Å²) >= 11 is 0. The highest BCUT2D eigenvalue weighted by Crippen LogP contribution is 2.36. The van der Waals surface area contributed by atoms with Crippen LogP contribution in [0.4, 0.5) is 0 Å². The first-order valence-corrected chi connectivity index (χ1v) is 7.47. The third-order valence-electron chi connectivity index (χ3n) is 3.94. The van der Waals surface area contributed by atoms with Crippen LogP contribution in [-0.4, -0.2) is 51.5 Å². The summed E-state index contributed by atoms with van der Waals surface area (Å²) in [5.41, 5.74) is 7.15. The van der Waals surface area contributed by atoms with Crippen LogP contribution in [0.25, 0.3) is 0 Å². The maximum absolute atomic E-state index is 6.07. The molecule has 0 aliphatic carbocycles. The Labute approximate surface area is 127 Å². The predicted molar refractivity (Wildman–Crippen MR) is 82.9 cm³/mol. The van der Waals surface area contributed by atoms with Gasteiger partial charge in [-0.1, -0.05) is 12.1 Å². The molecule has 1 aliphatic heterocycles. The lowest BCUT2D eigenvalue weighted by Gasteiger charge is -2.32. The summed E-state index contributed by atoms with van der Waals surface area (Å²) in [4.78, 5) is 2.38. The van der Waals surface area contributed by atoms with Crippen LogP contribution in [-0.2, 0) is 4.74 Å². The molecule has 1 aromatic rings. The monoisotopic (exact) mass is 294 g/mol. The summed E-state index contributed by atoms with van der Waals surface area (Å²) in [5, 5.41) is 0. The van der Waals surface area contributed by atoms with Gasteiger partial charge in [-0.2, -0.15) is 0 Å². The summed E-state index contributed by atoms with van der Waals surface area (Å²) in [7, 11) is 3.32. The second-order valence-corrected chi connectivity index (χ2v) is 5.36. The minimum atomic E-state index is 0.110. The van der Waals surface area contributed by atoms with Gasteiger partial charge in [0.2, 0.25) is 0 Å². The van der Waals surface area contributed by atoms with E-state index in [1.807, 2.05) is 12.1 Å². The molecule has 1 saturated heterocycles. The normalized spacial score (nSPS) is 21.6. The van der Waals surface area contributed by atoms with E-state index in [4.69, 9.17) is 19.9 Å². The first kappa shape index (κ1) is 16.1. The second kappa shape index (κ2) is 7.64. The summed E-state index contributed by atoms with van der Waals surface area (Å²) in [6.07, 6.45) is 1.24. The molecule has 21 heavy (non-hydrogen) atoms. The van der Waals surface area contributed by atoms with Gasteiger partial charge in [-0.05, 0) is 19.4 Å². The molecule has 1 aliphatic rings. The average Bonchev–Trinajstić information content (AvgIpc) is 2.72. The molecule has 5 nitrogen and oxygen atoms in total. The van der Waals surface area contributed by atoms with Crippen LogP contribution in [0.1, 0.15) is 24.9 Å². The third-order valence-corrected chi connectivity index (χ3v) is 3.94. The van der Waals surface area contributed by atoms with Gasteiger partial charge >= 0.3 is 0 Å². The van der Waals surface area contributed by atoms with Gasteiger partial charge in [0.1, 0.15) is 0 Å². The smallest absolute Gasteiger partial charge is 0.165 e. The Bertz CT molecular complexity index is 453. The van der Waals surface area contributed by atoms with Crippen LogP contribution < -0.4 is 15.2 Å². The van der Waals surface area contributed by atoms with E-state index in [1.165, 1.54) is 0 Å². The Hall–Kier alpha value is -1.30. The number of para-hydroxylation sites is 1. The van der Waals surface area contributed by atoms with Gasteiger partial charge in [-0.15, -0.1) is 0 Å². The fourth-order valence-corrected chi connectivity index (χ4v) is 2.96. The lowest BCUT2D eigenvalue weighted by atomic mass is 10.0. The first-order chi connectivity index (χ1) is 10.2. The molecule has 2 rings (SSSR count). The van der Waals surface area contributed by atoms with Gasteiger partial charge < -0.3 is 19.9 Å². The highest BCUT2D eigenvalue weighted by molar-refractivity contribution is 5.48. The van der Waals surface area contributed by atoms with Crippen molar-refractivity contribution >= 4 is 0 Å². The van der Waals surface area contributed by atoms with E-state index in [0.717, 1.165) is 43.2 Å². The molecule has 2 unspecified atom stereocenters. The topological polar surface area (TPSA) is 57.0 Å². The van der Waals surface area contributed by atoms with E-state index in [-0.39, 0.29) is 12.1 Å². The number of benzene rings is 1. The summed E-state index contributed by atoms with van der Waals surface area (Å²) in [6, 6.07) is 6.07. The van der Waals surface area contributed by atoms with Crippen molar-refractivity contribution in [2.45, 2.75) is 25.5 Å². The van der Waals surface area contributed by atoms with Crippen molar-refractivity contribution in [2.75, 3.05) is 40.5 Å². The molecule has 0 amide bonds. The largest absolute Gasteiger partial charge is 0.493 e. The van der Waals surface area contributed by atoms with Gasteiger partial charge in [0.15, 0.2) is 11.5 Å². The third kappa shape index (κ3) is 3.67. The number of rotatable bonds is 5. The molecule has 1 fully saturated rings. The van der Waals surface area contributed by atoms with Crippen molar-refractivity contribution in [3.63, 3.8) is 0 Å². The highest BCUT2D eigenvalue weighted by Gasteiger charge is 2.26. The van der Waals surface area contributed by atoms with Crippen molar-refractivity contribution in [1.82, 2.24) is 4.90 Å². The van der Waals surface area contributed by atoms with E-state index < -0.39 is 0 Å². The summed E-state index contributed by atoms with van der Waals surface area (Å²) in [6.45, 7) is 5.31. The number of hydrogen-bond acceptors (Lipinski definition) is 5. The number of hydrogen-bond donors (Lipinski definition) is 1. The van der Waals surface area contributed by atoms with E-state index in [1.54, 1.807) is 14.2 Å². The molecule has 118 valence electrons.